The quantitative estimate of drug-likeness (QED) is 0.534. The van der Waals surface area contributed by atoms with E-state index in [2.05, 4.69) is 10.3 Å². The van der Waals surface area contributed by atoms with E-state index in [1.165, 1.54) is 19.4 Å². The predicted octanol–water partition coefficient (Wildman–Crippen LogP) is 0.228. The third-order valence-corrected chi connectivity index (χ3v) is 1.32. The summed E-state index contributed by atoms with van der Waals surface area (Å²) in [6.45, 7) is 0. The summed E-state index contributed by atoms with van der Waals surface area (Å²) in [5, 5.41) is 2.34. The number of nitrogens with zero attached hydrogens (tertiary/aromatic N) is 1. The van der Waals surface area contributed by atoms with Crippen LogP contribution in [0.2, 0.25) is 0 Å². The molecule has 0 aliphatic carbocycles. The number of hydrogen-bond acceptors (Lipinski definition) is 4. The highest BCUT2D eigenvalue weighted by atomic mass is 16.5. The second kappa shape index (κ2) is 4.20. The Hall–Kier alpha value is -1.91. The summed E-state index contributed by atoms with van der Waals surface area (Å²) in [6, 6.07) is 3.07. The fourth-order valence-corrected chi connectivity index (χ4v) is 0.771. The number of aromatic nitrogens is 1. The molecule has 5 heteroatoms. The minimum atomic E-state index is -0.701. The molecule has 1 heterocycles. The van der Waals surface area contributed by atoms with Crippen LogP contribution in [-0.4, -0.2) is 24.3 Å². The number of anilines is 1. The van der Waals surface area contributed by atoms with Crippen molar-refractivity contribution in [3.63, 3.8) is 0 Å². The van der Waals surface area contributed by atoms with Gasteiger partial charge < -0.3 is 10.1 Å². The van der Waals surface area contributed by atoms with E-state index < -0.39 is 5.91 Å². The Kier molecular flexibility index (Phi) is 2.97. The van der Waals surface area contributed by atoms with Crippen LogP contribution in [0.4, 0.5) is 5.69 Å². The van der Waals surface area contributed by atoms with Gasteiger partial charge in [-0.25, -0.2) is 4.98 Å². The van der Waals surface area contributed by atoms with Crippen molar-refractivity contribution in [3.05, 3.63) is 18.3 Å². The standard InChI is InChI=1S/C8H8N2O3/c1-13-8-4-6(2-3-9-8)10-7(12)5-11/h2-5H,1H3,(H,9,10,12). The largest absolute Gasteiger partial charge is 0.481 e. The number of pyridine rings is 1. The molecule has 0 saturated heterocycles. The predicted molar refractivity (Wildman–Crippen MR) is 45.5 cm³/mol. The molecular formula is C8H8N2O3. The fourth-order valence-electron chi connectivity index (χ4n) is 0.771. The Morgan fingerprint density at radius 1 is 1.69 bits per heavy atom. The average molecular weight is 180 g/mol. The van der Waals surface area contributed by atoms with Crippen LogP contribution in [-0.2, 0) is 9.59 Å². The monoisotopic (exact) mass is 180 g/mol. The van der Waals surface area contributed by atoms with Crippen molar-refractivity contribution in [2.75, 3.05) is 12.4 Å². The summed E-state index contributed by atoms with van der Waals surface area (Å²) in [5.74, 6) is -0.322. The second-order valence-corrected chi connectivity index (χ2v) is 2.19. The highest BCUT2D eigenvalue weighted by molar-refractivity contribution is 6.29. The number of carbonyl (C=O) groups excluding carboxylic acids is 2. The Balaban J connectivity index is 2.77. The van der Waals surface area contributed by atoms with Gasteiger partial charge in [0.15, 0.2) is 0 Å². The Morgan fingerprint density at radius 3 is 3.08 bits per heavy atom. The van der Waals surface area contributed by atoms with Gasteiger partial charge in [-0.05, 0) is 6.07 Å². The first-order valence-corrected chi connectivity index (χ1v) is 3.52. The van der Waals surface area contributed by atoms with E-state index in [4.69, 9.17) is 4.74 Å². The first-order valence-electron chi connectivity index (χ1n) is 3.52. The van der Waals surface area contributed by atoms with Gasteiger partial charge in [-0.15, -0.1) is 0 Å². The molecule has 1 amide bonds. The van der Waals surface area contributed by atoms with E-state index in [1.54, 1.807) is 6.07 Å². The summed E-state index contributed by atoms with van der Waals surface area (Å²) < 4.78 is 4.82. The van der Waals surface area contributed by atoms with Crippen LogP contribution < -0.4 is 10.1 Å². The van der Waals surface area contributed by atoms with Crippen molar-refractivity contribution in [1.29, 1.82) is 0 Å². The number of methoxy groups -OCH3 is 1. The van der Waals surface area contributed by atoms with E-state index in [0.29, 0.717) is 11.6 Å². The normalized spacial score (nSPS) is 9.00. The molecule has 0 radical (unpaired) electrons. The number of aldehydes is 1. The maximum absolute atomic E-state index is 10.6. The number of hydrogen-bond donors (Lipinski definition) is 1. The van der Waals surface area contributed by atoms with E-state index in [1.807, 2.05) is 0 Å². The van der Waals surface area contributed by atoms with Crippen LogP contribution in [0.15, 0.2) is 18.3 Å². The lowest BCUT2D eigenvalue weighted by Crippen LogP contribution is -2.12. The molecule has 0 unspecified atom stereocenters. The van der Waals surface area contributed by atoms with Gasteiger partial charge in [0.25, 0.3) is 5.91 Å². The number of nitrogens with one attached hydrogen (secondary N) is 1. The Bertz CT molecular complexity index is 325. The molecule has 0 atom stereocenters. The summed E-state index contributed by atoms with van der Waals surface area (Å²) in [7, 11) is 1.47. The highest BCUT2D eigenvalue weighted by Crippen LogP contribution is 2.12. The van der Waals surface area contributed by atoms with Gasteiger partial charge in [0.2, 0.25) is 12.2 Å². The maximum atomic E-state index is 10.6. The van der Waals surface area contributed by atoms with Crippen molar-refractivity contribution in [1.82, 2.24) is 4.98 Å². The molecule has 0 spiro atoms. The van der Waals surface area contributed by atoms with Gasteiger partial charge in [0, 0.05) is 18.0 Å². The summed E-state index contributed by atoms with van der Waals surface area (Å²) in [4.78, 5) is 24.5. The Labute approximate surface area is 74.7 Å². The lowest BCUT2D eigenvalue weighted by molar-refractivity contribution is -0.127. The highest BCUT2D eigenvalue weighted by Gasteiger charge is 2.00. The molecule has 1 aromatic rings. The number of rotatable bonds is 3. The molecule has 13 heavy (non-hydrogen) atoms. The van der Waals surface area contributed by atoms with Crippen molar-refractivity contribution < 1.29 is 14.3 Å². The van der Waals surface area contributed by atoms with Crippen molar-refractivity contribution in [3.8, 4) is 5.88 Å². The van der Waals surface area contributed by atoms with Crippen molar-refractivity contribution in [2.24, 2.45) is 0 Å². The number of carbonyl (C=O) groups is 2. The lowest BCUT2D eigenvalue weighted by Gasteiger charge is -2.02. The zero-order chi connectivity index (χ0) is 9.68. The zero-order valence-electron chi connectivity index (χ0n) is 6.98. The van der Waals surface area contributed by atoms with Crippen LogP contribution in [0.1, 0.15) is 0 Å². The topological polar surface area (TPSA) is 68.3 Å². The average Bonchev–Trinajstić information content (AvgIpc) is 2.18. The molecule has 0 bridgehead atoms. The first-order chi connectivity index (χ1) is 6.26. The van der Waals surface area contributed by atoms with Gasteiger partial charge in [0.05, 0.1) is 7.11 Å². The van der Waals surface area contributed by atoms with Crippen molar-refractivity contribution >= 4 is 17.9 Å². The summed E-state index contributed by atoms with van der Waals surface area (Å²) >= 11 is 0. The fraction of sp³-hybridized carbons (Fsp3) is 0.125. The molecule has 0 aromatic carbocycles. The third kappa shape index (κ3) is 2.55. The molecule has 0 fully saturated rings. The van der Waals surface area contributed by atoms with E-state index in [0.717, 1.165) is 0 Å². The number of ether oxygens (including phenoxy) is 1. The number of amides is 1. The summed E-state index contributed by atoms with van der Waals surface area (Å²) in [6.07, 6.45) is 1.67. The molecule has 1 rings (SSSR count). The molecule has 0 saturated carbocycles. The molecule has 5 nitrogen and oxygen atoms in total. The van der Waals surface area contributed by atoms with Crippen LogP contribution >= 0.6 is 0 Å². The van der Waals surface area contributed by atoms with E-state index in [9.17, 15) is 9.59 Å². The lowest BCUT2D eigenvalue weighted by atomic mass is 10.4. The molecule has 1 N–H and O–H groups in total. The zero-order valence-corrected chi connectivity index (χ0v) is 6.98. The SMILES string of the molecule is COc1cc(NC(=O)C=O)ccn1. The molecule has 68 valence electrons. The van der Waals surface area contributed by atoms with Gasteiger partial charge in [-0.1, -0.05) is 0 Å². The van der Waals surface area contributed by atoms with Crippen molar-refractivity contribution in [2.45, 2.75) is 0 Å². The van der Waals surface area contributed by atoms with Gasteiger partial charge in [-0.2, -0.15) is 0 Å². The first kappa shape index (κ1) is 9.18. The minimum Gasteiger partial charge on any atom is -0.481 e. The molecule has 0 aliphatic heterocycles. The third-order valence-electron chi connectivity index (χ3n) is 1.32. The Morgan fingerprint density at radius 2 is 2.46 bits per heavy atom. The second-order valence-electron chi connectivity index (χ2n) is 2.19. The van der Waals surface area contributed by atoms with Crippen LogP contribution in [0.5, 0.6) is 5.88 Å². The molecule has 1 aromatic heterocycles. The molecule has 0 aliphatic rings. The van der Waals surface area contributed by atoms with Crippen LogP contribution in [0, 0.1) is 0 Å². The van der Waals surface area contributed by atoms with Gasteiger partial charge >= 0.3 is 0 Å². The summed E-state index contributed by atoms with van der Waals surface area (Å²) in [5.41, 5.74) is 0.476. The van der Waals surface area contributed by atoms with Gasteiger partial charge in [-0.3, -0.25) is 9.59 Å². The smallest absolute Gasteiger partial charge is 0.288 e. The van der Waals surface area contributed by atoms with E-state index in [-0.39, 0.29) is 6.29 Å². The maximum Gasteiger partial charge on any atom is 0.288 e. The van der Waals surface area contributed by atoms with E-state index >= 15 is 0 Å². The van der Waals surface area contributed by atoms with Gasteiger partial charge in [0.1, 0.15) is 0 Å². The minimum absolute atomic E-state index is 0.201. The van der Waals surface area contributed by atoms with Crippen LogP contribution in [0.3, 0.4) is 0 Å². The molecular weight excluding hydrogens is 172 g/mol. The van der Waals surface area contributed by atoms with Crippen LogP contribution in [0.25, 0.3) is 0 Å².